The molecule has 1 aromatic heterocycles. The molecule has 2 fully saturated rings. The van der Waals surface area contributed by atoms with Crippen molar-refractivity contribution in [1.29, 1.82) is 0 Å². The van der Waals surface area contributed by atoms with Crippen LogP contribution in [0.3, 0.4) is 0 Å². The molecule has 21 heavy (non-hydrogen) atoms. The fourth-order valence-electron chi connectivity index (χ4n) is 3.45. The second-order valence-electron chi connectivity index (χ2n) is 6.08. The molecule has 0 radical (unpaired) electrons. The number of sulfonamides is 1. The molecule has 3 rings (SSSR count). The highest BCUT2D eigenvalue weighted by Crippen LogP contribution is 2.37. The number of aryl methyl sites for hydroxylation is 2. The minimum atomic E-state index is -3.48. The van der Waals surface area contributed by atoms with Gasteiger partial charge in [-0.05, 0) is 31.6 Å². The van der Waals surface area contributed by atoms with Gasteiger partial charge in [0.05, 0.1) is 0 Å². The van der Waals surface area contributed by atoms with E-state index in [1.54, 1.807) is 29.0 Å². The van der Waals surface area contributed by atoms with E-state index in [1.165, 1.54) is 0 Å². The van der Waals surface area contributed by atoms with Gasteiger partial charge in [-0.1, -0.05) is 6.42 Å². The van der Waals surface area contributed by atoms with Crippen molar-refractivity contribution in [2.45, 2.75) is 37.3 Å². The van der Waals surface area contributed by atoms with E-state index in [4.69, 9.17) is 5.73 Å². The van der Waals surface area contributed by atoms with Gasteiger partial charge < -0.3 is 10.3 Å². The number of rotatable bonds is 2. The summed E-state index contributed by atoms with van der Waals surface area (Å²) in [6, 6.07) is 0.138. The number of fused-ring (bicyclic) bond motifs is 1. The average molecular weight is 335 g/mol. The van der Waals surface area contributed by atoms with Crippen molar-refractivity contribution in [3.8, 4) is 0 Å². The average Bonchev–Trinajstić information content (AvgIpc) is 2.96. The largest absolute Gasteiger partial charge is 0.337 e. The molecule has 3 unspecified atom stereocenters. The van der Waals surface area contributed by atoms with Gasteiger partial charge >= 0.3 is 0 Å². The van der Waals surface area contributed by atoms with Crippen LogP contribution in [0.4, 0.5) is 0 Å². The molecule has 120 valence electrons. The Balaban J connectivity index is 0.00000161. The maximum atomic E-state index is 12.7. The quantitative estimate of drug-likeness (QED) is 0.871. The fourth-order valence-corrected chi connectivity index (χ4v) is 5.01. The zero-order valence-corrected chi connectivity index (χ0v) is 14.0. The van der Waals surface area contributed by atoms with Crippen LogP contribution in [0.1, 0.15) is 25.1 Å². The number of imidazole rings is 1. The van der Waals surface area contributed by atoms with Crippen molar-refractivity contribution in [1.82, 2.24) is 13.9 Å². The molecule has 1 aliphatic heterocycles. The molecule has 2 heterocycles. The lowest BCUT2D eigenvalue weighted by Gasteiger charge is -2.29. The number of hydrogen-bond acceptors (Lipinski definition) is 4. The van der Waals surface area contributed by atoms with Crippen LogP contribution >= 0.6 is 12.4 Å². The zero-order valence-electron chi connectivity index (χ0n) is 12.4. The first-order chi connectivity index (χ1) is 9.39. The molecule has 2 aliphatic rings. The molecule has 8 heteroatoms. The molecule has 1 saturated carbocycles. The molecule has 0 spiro atoms. The van der Waals surface area contributed by atoms with Crippen LogP contribution in [-0.4, -0.2) is 41.4 Å². The molecule has 1 aliphatic carbocycles. The Labute approximate surface area is 132 Å². The summed E-state index contributed by atoms with van der Waals surface area (Å²) >= 11 is 0. The summed E-state index contributed by atoms with van der Waals surface area (Å²) in [5, 5.41) is 0.157. The number of halogens is 1. The van der Waals surface area contributed by atoms with E-state index in [2.05, 4.69) is 4.98 Å². The summed E-state index contributed by atoms with van der Waals surface area (Å²) in [6.07, 6.45) is 4.80. The third-order valence-corrected chi connectivity index (χ3v) is 6.51. The molecular formula is C13H23ClN4O2S. The second kappa shape index (κ2) is 5.87. The van der Waals surface area contributed by atoms with Gasteiger partial charge in [0, 0.05) is 32.4 Å². The first-order valence-electron chi connectivity index (χ1n) is 7.15. The summed E-state index contributed by atoms with van der Waals surface area (Å²) < 4.78 is 28.6. The van der Waals surface area contributed by atoms with E-state index in [0.29, 0.717) is 30.7 Å². The normalized spacial score (nSPS) is 30.0. The predicted molar refractivity (Wildman–Crippen MR) is 82.8 cm³/mol. The molecule has 0 aromatic carbocycles. The van der Waals surface area contributed by atoms with E-state index in [-0.39, 0.29) is 23.5 Å². The Morgan fingerprint density at radius 2 is 2.05 bits per heavy atom. The number of aromatic nitrogens is 2. The zero-order chi connectivity index (χ0) is 14.5. The minimum absolute atomic E-state index is 0. The standard InChI is InChI=1S/C13H22N4O2S.ClH/c1-9-15-13(8-16(9)2)20(18,19)17-6-10-4-3-5-12(14)11(10)7-17;/h8,10-12H,3-7,14H2,1-2H3;1H. The number of nitrogens with zero attached hydrogens (tertiary/aromatic N) is 3. The van der Waals surface area contributed by atoms with Gasteiger partial charge in [0.1, 0.15) is 5.82 Å². The van der Waals surface area contributed by atoms with Crippen LogP contribution in [0.15, 0.2) is 11.2 Å². The van der Waals surface area contributed by atoms with Crippen LogP contribution < -0.4 is 5.73 Å². The lowest BCUT2D eigenvalue weighted by molar-refractivity contribution is 0.260. The van der Waals surface area contributed by atoms with Gasteiger partial charge in [-0.3, -0.25) is 0 Å². The van der Waals surface area contributed by atoms with Crippen LogP contribution in [0, 0.1) is 18.8 Å². The van der Waals surface area contributed by atoms with Gasteiger partial charge in [0.25, 0.3) is 10.0 Å². The topological polar surface area (TPSA) is 81.2 Å². The molecule has 0 bridgehead atoms. The molecule has 2 N–H and O–H groups in total. The van der Waals surface area contributed by atoms with Crippen LogP contribution in [0.2, 0.25) is 0 Å². The van der Waals surface area contributed by atoms with Gasteiger partial charge in [-0.2, -0.15) is 4.31 Å². The highest BCUT2D eigenvalue weighted by atomic mass is 35.5. The molecule has 6 nitrogen and oxygen atoms in total. The Bertz CT molecular complexity index is 596. The summed E-state index contributed by atoms with van der Waals surface area (Å²) in [4.78, 5) is 4.16. The van der Waals surface area contributed by atoms with Crippen LogP contribution in [0.5, 0.6) is 0 Å². The van der Waals surface area contributed by atoms with E-state index in [0.717, 1.165) is 19.3 Å². The molecule has 1 saturated heterocycles. The van der Waals surface area contributed by atoms with E-state index < -0.39 is 10.0 Å². The van der Waals surface area contributed by atoms with Crippen molar-refractivity contribution >= 4 is 22.4 Å². The van der Waals surface area contributed by atoms with Crippen molar-refractivity contribution in [3.05, 3.63) is 12.0 Å². The summed E-state index contributed by atoms with van der Waals surface area (Å²) in [5.41, 5.74) is 6.15. The Hall–Kier alpha value is -0.630. The van der Waals surface area contributed by atoms with Gasteiger partial charge in [0.15, 0.2) is 5.03 Å². The summed E-state index contributed by atoms with van der Waals surface area (Å²) in [5.74, 6) is 1.43. The summed E-state index contributed by atoms with van der Waals surface area (Å²) in [6.45, 7) is 2.94. The lowest BCUT2D eigenvalue weighted by Crippen LogP contribution is -2.38. The molecule has 1 aromatic rings. The van der Waals surface area contributed by atoms with E-state index >= 15 is 0 Å². The second-order valence-corrected chi connectivity index (χ2v) is 7.96. The highest BCUT2D eigenvalue weighted by molar-refractivity contribution is 7.89. The van der Waals surface area contributed by atoms with E-state index in [9.17, 15) is 8.42 Å². The SMILES string of the molecule is Cc1nc(S(=O)(=O)N2CC3CCCC(N)C3C2)cn1C.Cl. The minimum Gasteiger partial charge on any atom is -0.337 e. The Morgan fingerprint density at radius 1 is 1.33 bits per heavy atom. The fraction of sp³-hybridized carbons (Fsp3) is 0.769. The molecule has 0 amide bonds. The first-order valence-corrected chi connectivity index (χ1v) is 8.59. The van der Waals surface area contributed by atoms with Crippen molar-refractivity contribution < 1.29 is 8.42 Å². The number of nitrogens with two attached hydrogens (primary N) is 1. The lowest BCUT2D eigenvalue weighted by atomic mass is 9.78. The van der Waals surface area contributed by atoms with Crippen molar-refractivity contribution in [2.75, 3.05) is 13.1 Å². The molecule has 3 atom stereocenters. The third kappa shape index (κ3) is 2.84. The maximum Gasteiger partial charge on any atom is 0.262 e. The van der Waals surface area contributed by atoms with Crippen molar-refractivity contribution in [3.63, 3.8) is 0 Å². The predicted octanol–water partition coefficient (Wildman–Crippen LogP) is 0.898. The maximum absolute atomic E-state index is 12.7. The van der Waals surface area contributed by atoms with Gasteiger partial charge in [-0.15, -0.1) is 12.4 Å². The Kier molecular flexibility index (Phi) is 4.68. The van der Waals surface area contributed by atoms with Gasteiger partial charge in [-0.25, -0.2) is 13.4 Å². The monoisotopic (exact) mass is 334 g/mol. The van der Waals surface area contributed by atoms with Gasteiger partial charge in [0.2, 0.25) is 0 Å². The summed E-state index contributed by atoms with van der Waals surface area (Å²) in [7, 11) is -1.67. The van der Waals surface area contributed by atoms with Crippen LogP contribution in [-0.2, 0) is 17.1 Å². The van der Waals surface area contributed by atoms with Crippen LogP contribution in [0.25, 0.3) is 0 Å². The third-order valence-electron chi connectivity index (χ3n) is 4.81. The highest BCUT2D eigenvalue weighted by Gasteiger charge is 2.43. The smallest absolute Gasteiger partial charge is 0.262 e. The van der Waals surface area contributed by atoms with Crippen molar-refractivity contribution in [2.24, 2.45) is 24.6 Å². The van der Waals surface area contributed by atoms with E-state index in [1.807, 2.05) is 0 Å². The Morgan fingerprint density at radius 3 is 2.62 bits per heavy atom. The first kappa shape index (κ1) is 16.7. The number of hydrogen-bond donors (Lipinski definition) is 1. The molecular weight excluding hydrogens is 312 g/mol.